The van der Waals surface area contributed by atoms with Crippen LogP contribution in [0.1, 0.15) is 31.2 Å². The van der Waals surface area contributed by atoms with Crippen LogP contribution in [-0.2, 0) is 4.79 Å². The van der Waals surface area contributed by atoms with E-state index in [4.69, 9.17) is 10.00 Å². The summed E-state index contributed by atoms with van der Waals surface area (Å²) in [4.78, 5) is 21.0. The summed E-state index contributed by atoms with van der Waals surface area (Å²) in [5.74, 6) is 1.01. The maximum Gasteiger partial charge on any atom is 0.226 e. The zero-order valence-electron chi connectivity index (χ0n) is 14.1. The van der Waals surface area contributed by atoms with Crippen LogP contribution in [0, 0.1) is 17.2 Å². The number of nitrogens with zero attached hydrogens (tertiary/aromatic N) is 4. The smallest absolute Gasteiger partial charge is 0.226 e. The van der Waals surface area contributed by atoms with Crippen molar-refractivity contribution in [2.24, 2.45) is 5.92 Å². The number of carbonyl (C=O) groups excluding carboxylic acids is 1. The Morgan fingerprint density at radius 2 is 2.08 bits per heavy atom. The van der Waals surface area contributed by atoms with Crippen molar-refractivity contribution < 1.29 is 9.53 Å². The van der Waals surface area contributed by atoms with Crippen molar-refractivity contribution in [3.8, 4) is 11.9 Å². The van der Waals surface area contributed by atoms with E-state index in [2.05, 4.69) is 16.9 Å². The highest BCUT2D eigenvalue weighted by Gasteiger charge is 2.31. The van der Waals surface area contributed by atoms with Gasteiger partial charge in [0.25, 0.3) is 0 Å². The van der Waals surface area contributed by atoms with Crippen LogP contribution in [0.5, 0.6) is 5.88 Å². The normalized spacial score (nSPS) is 22.8. The maximum absolute atomic E-state index is 12.6. The molecular formula is C18H24N4O2. The van der Waals surface area contributed by atoms with Gasteiger partial charge in [0.15, 0.2) is 0 Å². The first-order valence-corrected chi connectivity index (χ1v) is 8.66. The summed E-state index contributed by atoms with van der Waals surface area (Å²) < 4.78 is 5.88. The Morgan fingerprint density at radius 1 is 1.29 bits per heavy atom. The minimum atomic E-state index is 0.0866. The number of likely N-dealkylation sites (tertiary alicyclic amines) is 2. The monoisotopic (exact) mass is 328 g/mol. The van der Waals surface area contributed by atoms with Crippen molar-refractivity contribution in [1.82, 2.24) is 14.8 Å². The van der Waals surface area contributed by atoms with Crippen molar-refractivity contribution >= 4 is 5.91 Å². The molecule has 24 heavy (non-hydrogen) atoms. The zero-order chi connectivity index (χ0) is 16.9. The Bertz CT molecular complexity index is 602. The molecule has 1 atom stereocenters. The van der Waals surface area contributed by atoms with Crippen molar-refractivity contribution in [3.63, 3.8) is 0 Å². The average molecular weight is 328 g/mol. The van der Waals surface area contributed by atoms with Gasteiger partial charge in [0.05, 0.1) is 11.5 Å². The summed E-state index contributed by atoms with van der Waals surface area (Å²) in [6, 6.07) is 5.48. The summed E-state index contributed by atoms with van der Waals surface area (Å²) in [7, 11) is 2.09. The van der Waals surface area contributed by atoms with Gasteiger partial charge >= 0.3 is 0 Å². The Morgan fingerprint density at radius 3 is 2.71 bits per heavy atom. The second kappa shape index (κ2) is 7.63. The van der Waals surface area contributed by atoms with Crippen LogP contribution in [0.2, 0.25) is 0 Å². The Hall–Kier alpha value is -2.13. The standard InChI is InChI=1S/C18H24N4O2/c1-21-8-2-3-15(13-21)18(23)22-9-6-16(7-10-22)24-17-5-4-14(11-19)12-20-17/h4-5,12,15-16H,2-3,6-10,13H2,1H3/t15-/m1/s1. The first-order valence-electron chi connectivity index (χ1n) is 8.66. The number of hydrogen-bond donors (Lipinski definition) is 0. The Labute approximate surface area is 143 Å². The molecule has 0 bridgehead atoms. The quantitative estimate of drug-likeness (QED) is 0.844. The van der Waals surface area contributed by atoms with Gasteiger partial charge < -0.3 is 14.5 Å². The zero-order valence-corrected chi connectivity index (χ0v) is 14.1. The number of aromatic nitrogens is 1. The maximum atomic E-state index is 12.6. The fourth-order valence-corrected chi connectivity index (χ4v) is 3.51. The molecule has 0 aliphatic carbocycles. The second-order valence-electron chi connectivity index (χ2n) is 6.74. The predicted molar refractivity (Wildman–Crippen MR) is 89.4 cm³/mol. The summed E-state index contributed by atoms with van der Waals surface area (Å²) >= 11 is 0. The molecule has 1 aromatic rings. The van der Waals surface area contributed by atoms with E-state index in [1.54, 1.807) is 12.1 Å². The number of ether oxygens (including phenoxy) is 1. The minimum Gasteiger partial charge on any atom is -0.474 e. The number of piperidine rings is 2. The fraction of sp³-hybridized carbons (Fsp3) is 0.611. The van der Waals surface area contributed by atoms with Crippen molar-refractivity contribution in [2.75, 3.05) is 33.2 Å². The van der Waals surface area contributed by atoms with E-state index in [0.717, 1.165) is 51.9 Å². The van der Waals surface area contributed by atoms with E-state index in [1.807, 2.05) is 11.0 Å². The van der Waals surface area contributed by atoms with E-state index < -0.39 is 0 Å². The summed E-state index contributed by atoms with van der Waals surface area (Å²) in [6.45, 7) is 3.47. The van der Waals surface area contributed by atoms with Gasteiger partial charge in [-0.05, 0) is 32.5 Å². The summed E-state index contributed by atoms with van der Waals surface area (Å²) in [5, 5.41) is 8.78. The number of hydrogen-bond acceptors (Lipinski definition) is 5. The molecule has 0 N–H and O–H groups in total. The average Bonchev–Trinajstić information content (AvgIpc) is 2.62. The lowest BCUT2D eigenvalue weighted by atomic mass is 9.95. The molecule has 1 amide bonds. The van der Waals surface area contributed by atoms with Gasteiger partial charge in [-0.25, -0.2) is 4.98 Å². The lowest BCUT2D eigenvalue weighted by Gasteiger charge is -2.36. The van der Waals surface area contributed by atoms with E-state index in [0.29, 0.717) is 17.4 Å². The SMILES string of the molecule is CN1CCC[C@@H](C(=O)N2CCC(Oc3ccc(C#N)cn3)CC2)C1. The molecule has 3 heterocycles. The summed E-state index contributed by atoms with van der Waals surface area (Å²) in [6.07, 6.45) is 5.38. The van der Waals surface area contributed by atoms with E-state index in [-0.39, 0.29) is 12.0 Å². The highest BCUT2D eigenvalue weighted by atomic mass is 16.5. The summed E-state index contributed by atoms with van der Waals surface area (Å²) in [5.41, 5.74) is 0.528. The van der Waals surface area contributed by atoms with Gasteiger partial charge in [-0.15, -0.1) is 0 Å². The Balaban J connectivity index is 1.48. The van der Waals surface area contributed by atoms with Gasteiger partial charge in [0.1, 0.15) is 12.2 Å². The largest absolute Gasteiger partial charge is 0.474 e. The van der Waals surface area contributed by atoms with Crippen LogP contribution in [-0.4, -0.2) is 60.0 Å². The Kier molecular flexibility index (Phi) is 5.31. The molecular weight excluding hydrogens is 304 g/mol. The molecule has 0 spiro atoms. The third-order valence-electron chi connectivity index (χ3n) is 4.88. The molecule has 0 saturated carbocycles. The molecule has 0 aromatic carbocycles. The number of pyridine rings is 1. The third kappa shape index (κ3) is 4.04. The van der Waals surface area contributed by atoms with Crippen molar-refractivity contribution in [3.05, 3.63) is 23.9 Å². The van der Waals surface area contributed by atoms with Gasteiger partial charge in [-0.3, -0.25) is 4.79 Å². The lowest BCUT2D eigenvalue weighted by molar-refractivity contribution is -0.139. The first-order chi connectivity index (χ1) is 11.7. The number of nitriles is 1. The van der Waals surface area contributed by atoms with Gasteiger partial charge in [0.2, 0.25) is 11.8 Å². The van der Waals surface area contributed by atoms with Crippen molar-refractivity contribution in [2.45, 2.75) is 31.8 Å². The molecule has 0 radical (unpaired) electrons. The number of amides is 1. The van der Waals surface area contributed by atoms with Gasteiger partial charge in [0, 0.05) is 44.7 Å². The van der Waals surface area contributed by atoms with Crippen LogP contribution >= 0.6 is 0 Å². The van der Waals surface area contributed by atoms with Crippen LogP contribution in [0.25, 0.3) is 0 Å². The van der Waals surface area contributed by atoms with Crippen LogP contribution in [0.4, 0.5) is 0 Å². The molecule has 1 aromatic heterocycles. The number of rotatable bonds is 3. The van der Waals surface area contributed by atoms with E-state index in [9.17, 15) is 4.79 Å². The topological polar surface area (TPSA) is 69.5 Å². The lowest BCUT2D eigenvalue weighted by Crippen LogP contribution is -2.47. The molecule has 2 saturated heterocycles. The highest BCUT2D eigenvalue weighted by Crippen LogP contribution is 2.22. The van der Waals surface area contributed by atoms with Crippen LogP contribution in [0.3, 0.4) is 0 Å². The first kappa shape index (κ1) is 16.7. The van der Waals surface area contributed by atoms with Crippen LogP contribution in [0.15, 0.2) is 18.3 Å². The van der Waals surface area contributed by atoms with Gasteiger partial charge in [-0.2, -0.15) is 5.26 Å². The molecule has 0 unspecified atom stereocenters. The fourth-order valence-electron chi connectivity index (χ4n) is 3.51. The highest BCUT2D eigenvalue weighted by molar-refractivity contribution is 5.79. The minimum absolute atomic E-state index is 0.0866. The molecule has 3 rings (SSSR count). The van der Waals surface area contributed by atoms with Gasteiger partial charge in [-0.1, -0.05) is 0 Å². The third-order valence-corrected chi connectivity index (χ3v) is 4.88. The molecule has 2 fully saturated rings. The molecule has 2 aliphatic rings. The van der Waals surface area contributed by atoms with Crippen LogP contribution < -0.4 is 4.74 Å². The molecule has 6 heteroatoms. The van der Waals surface area contributed by atoms with E-state index >= 15 is 0 Å². The molecule has 6 nitrogen and oxygen atoms in total. The second-order valence-corrected chi connectivity index (χ2v) is 6.74. The predicted octanol–water partition coefficient (Wildman–Crippen LogP) is 1.66. The molecule has 2 aliphatic heterocycles. The number of carbonyl (C=O) groups is 1. The molecule has 128 valence electrons. The van der Waals surface area contributed by atoms with Crippen molar-refractivity contribution in [1.29, 1.82) is 5.26 Å². The van der Waals surface area contributed by atoms with E-state index in [1.165, 1.54) is 6.20 Å².